The van der Waals surface area contributed by atoms with E-state index in [2.05, 4.69) is 5.32 Å². The summed E-state index contributed by atoms with van der Waals surface area (Å²) in [5, 5.41) is 3.79. The number of benzene rings is 1. The Balaban J connectivity index is 1.76. The van der Waals surface area contributed by atoms with Gasteiger partial charge in [0.15, 0.2) is 0 Å². The molecule has 124 valence electrons. The number of nitrogens with one attached hydrogen (secondary N) is 1. The van der Waals surface area contributed by atoms with E-state index in [1.807, 2.05) is 31.2 Å². The molecule has 4 nitrogen and oxygen atoms in total. The quantitative estimate of drug-likeness (QED) is 0.918. The number of halogens is 1. The Labute approximate surface area is 142 Å². The van der Waals surface area contributed by atoms with Gasteiger partial charge in [0.25, 0.3) is 0 Å². The van der Waals surface area contributed by atoms with Crippen molar-refractivity contribution in [3.05, 3.63) is 34.9 Å². The van der Waals surface area contributed by atoms with E-state index in [1.54, 1.807) is 4.90 Å². The first-order valence-electron chi connectivity index (χ1n) is 8.35. The monoisotopic (exact) mass is 334 g/mol. The normalized spacial score (nSPS) is 25.1. The third-order valence-corrected chi connectivity index (χ3v) is 5.37. The van der Waals surface area contributed by atoms with Crippen molar-refractivity contribution >= 4 is 23.4 Å². The van der Waals surface area contributed by atoms with Gasteiger partial charge in [-0.3, -0.25) is 9.59 Å². The van der Waals surface area contributed by atoms with Crippen LogP contribution >= 0.6 is 11.6 Å². The molecule has 1 aliphatic heterocycles. The number of carbonyl (C=O) groups is 2. The third-order valence-electron chi connectivity index (χ3n) is 5.13. The minimum absolute atomic E-state index is 0.0164. The molecule has 1 aromatic rings. The Morgan fingerprint density at radius 2 is 2.13 bits per heavy atom. The highest BCUT2D eigenvalue weighted by Gasteiger charge is 2.47. The lowest BCUT2D eigenvalue weighted by Crippen LogP contribution is -2.55. The molecule has 23 heavy (non-hydrogen) atoms. The smallest absolute Gasteiger partial charge is 0.245 e. The Bertz CT molecular complexity index is 613. The maximum Gasteiger partial charge on any atom is 0.245 e. The van der Waals surface area contributed by atoms with Crippen LogP contribution in [0.15, 0.2) is 24.3 Å². The van der Waals surface area contributed by atoms with E-state index in [9.17, 15) is 9.59 Å². The zero-order valence-corrected chi connectivity index (χ0v) is 14.2. The summed E-state index contributed by atoms with van der Waals surface area (Å²) in [6, 6.07) is 7.73. The first-order chi connectivity index (χ1) is 11.0. The summed E-state index contributed by atoms with van der Waals surface area (Å²) in [7, 11) is 0. The van der Waals surface area contributed by atoms with Crippen LogP contribution in [0.3, 0.4) is 0 Å². The SMILES string of the molecule is CC1(C(=O)NC2CCCC2)CCC(=O)N1Cc1cccc(Cl)c1. The summed E-state index contributed by atoms with van der Waals surface area (Å²) >= 11 is 6.03. The molecule has 1 saturated heterocycles. The van der Waals surface area contributed by atoms with Gasteiger partial charge in [-0.1, -0.05) is 36.6 Å². The average Bonchev–Trinajstić information content (AvgIpc) is 3.12. The molecule has 1 aromatic carbocycles. The van der Waals surface area contributed by atoms with E-state index in [4.69, 9.17) is 11.6 Å². The Morgan fingerprint density at radius 3 is 2.83 bits per heavy atom. The molecule has 1 unspecified atom stereocenters. The number of hydrogen-bond donors (Lipinski definition) is 1. The third kappa shape index (κ3) is 3.37. The van der Waals surface area contributed by atoms with Crippen molar-refractivity contribution in [3.63, 3.8) is 0 Å². The van der Waals surface area contributed by atoms with E-state index in [-0.39, 0.29) is 17.9 Å². The molecule has 2 amide bonds. The summed E-state index contributed by atoms with van der Waals surface area (Å²) in [6.07, 6.45) is 5.44. The van der Waals surface area contributed by atoms with Gasteiger partial charge < -0.3 is 10.2 Å². The molecule has 1 heterocycles. The molecule has 1 saturated carbocycles. The van der Waals surface area contributed by atoms with Gasteiger partial charge in [-0.15, -0.1) is 0 Å². The van der Waals surface area contributed by atoms with Gasteiger partial charge >= 0.3 is 0 Å². The molecule has 2 fully saturated rings. The molecular formula is C18H23ClN2O2. The predicted molar refractivity (Wildman–Crippen MR) is 90.0 cm³/mol. The summed E-state index contributed by atoms with van der Waals surface area (Å²) in [6.45, 7) is 2.31. The second-order valence-corrected chi connectivity index (χ2v) is 7.27. The van der Waals surface area contributed by atoms with Crippen molar-refractivity contribution in [1.29, 1.82) is 0 Å². The van der Waals surface area contributed by atoms with Crippen molar-refractivity contribution in [2.45, 2.75) is 63.6 Å². The number of carbonyl (C=O) groups excluding carboxylic acids is 2. The number of nitrogens with zero attached hydrogens (tertiary/aromatic N) is 1. The second kappa shape index (κ2) is 6.52. The highest BCUT2D eigenvalue weighted by atomic mass is 35.5. The van der Waals surface area contributed by atoms with Crippen LogP contribution in [0.1, 0.15) is 51.0 Å². The molecule has 0 radical (unpaired) electrons. The number of likely N-dealkylation sites (tertiary alicyclic amines) is 1. The van der Waals surface area contributed by atoms with Crippen molar-refractivity contribution in [3.8, 4) is 0 Å². The highest BCUT2D eigenvalue weighted by Crippen LogP contribution is 2.33. The fourth-order valence-corrected chi connectivity index (χ4v) is 3.84. The van der Waals surface area contributed by atoms with E-state index in [0.717, 1.165) is 18.4 Å². The van der Waals surface area contributed by atoms with Crippen LogP contribution in [0.4, 0.5) is 0 Å². The molecule has 1 N–H and O–H groups in total. The largest absolute Gasteiger partial charge is 0.351 e. The zero-order valence-electron chi connectivity index (χ0n) is 13.5. The lowest BCUT2D eigenvalue weighted by molar-refractivity contribution is -0.141. The molecule has 0 spiro atoms. The minimum Gasteiger partial charge on any atom is -0.351 e. The van der Waals surface area contributed by atoms with Crippen LogP contribution in [-0.2, 0) is 16.1 Å². The Kier molecular flexibility index (Phi) is 4.62. The molecule has 0 bridgehead atoms. The highest BCUT2D eigenvalue weighted by molar-refractivity contribution is 6.30. The van der Waals surface area contributed by atoms with Gasteiger partial charge in [0, 0.05) is 24.0 Å². The van der Waals surface area contributed by atoms with Crippen molar-refractivity contribution in [1.82, 2.24) is 10.2 Å². The van der Waals surface area contributed by atoms with Crippen molar-refractivity contribution < 1.29 is 9.59 Å². The molecule has 3 rings (SSSR count). The second-order valence-electron chi connectivity index (χ2n) is 6.84. The fourth-order valence-electron chi connectivity index (χ4n) is 3.62. The van der Waals surface area contributed by atoms with Crippen molar-refractivity contribution in [2.75, 3.05) is 0 Å². The number of rotatable bonds is 4. The van der Waals surface area contributed by atoms with Crippen LogP contribution in [0, 0.1) is 0 Å². The van der Waals surface area contributed by atoms with Gasteiger partial charge in [0.2, 0.25) is 11.8 Å². The average molecular weight is 335 g/mol. The van der Waals surface area contributed by atoms with Crippen LogP contribution in [0.2, 0.25) is 5.02 Å². The topological polar surface area (TPSA) is 49.4 Å². The minimum atomic E-state index is -0.762. The molecule has 2 aliphatic rings. The standard InChI is InChI=1S/C18H23ClN2O2/c1-18(17(23)20-15-7-2-3-8-15)10-9-16(22)21(18)12-13-5-4-6-14(19)11-13/h4-6,11,15H,2-3,7-10,12H2,1H3,(H,20,23). The molecule has 0 aromatic heterocycles. The summed E-state index contributed by atoms with van der Waals surface area (Å²) in [5.41, 5.74) is 0.190. The lowest BCUT2D eigenvalue weighted by atomic mass is 9.96. The number of amides is 2. The fraction of sp³-hybridized carbons (Fsp3) is 0.556. The summed E-state index contributed by atoms with van der Waals surface area (Å²) < 4.78 is 0. The van der Waals surface area contributed by atoms with Crippen LogP contribution in [-0.4, -0.2) is 28.3 Å². The van der Waals surface area contributed by atoms with Crippen molar-refractivity contribution in [2.24, 2.45) is 0 Å². The molecular weight excluding hydrogens is 312 g/mol. The molecule has 1 atom stereocenters. The summed E-state index contributed by atoms with van der Waals surface area (Å²) in [5.74, 6) is 0.0197. The van der Waals surface area contributed by atoms with E-state index in [1.165, 1.54) is 12.8 Å². The Hall–Kier alpha value is -1.55. The van der Waals surface area contributed by atoms with Crippen LogP contribution in [0.5, 0.6) is 0 Å². The first-order valence-corrected chi connectivity index (χ1v) is 8.73. The van der Waals surface area contributed by atoms with E-state index in [0.29, 0.717) is 24.4 Å². The zero-order chi connectivity index (χ0) is 16.4. The van der Waals surface area contributed by atoms with Crippen LogP contribution < -0.4 is 5.32 Å². The lowest BCUT2D eigenvalue weighted by Gasteiger charge is -2.35. The first kappa shape index (κ1) is 16.3. The molecule has 5 heteroatoms. The maximum absolute atomic E-state index is 12.8. The van der Waals surface area contributed by atoms with Crippen LogP contribution in [0.25, 0.3) is 0 Å². The number of hydrogen-bond acceptors (Lipinski definition) is 2. The van der Waals surface area contributed by atoms with Gasteiger partial charge in [-0.2, -0.15) is 0 Å². The van der Waals surface area contributed by atoms with Gasteiger partial charge in [-0.05, 0) is 43.9 Å². The van der Waals surface area contributed by atoms with E-state index < -0.39 is 5.54 Å². The van der Waals surface area contributed by atoms with Gasteiger partial charge in [-0.25, -0.2) is 0 Å². The predicted octanol–water partition coefficient (Wildman–Crippen LogP) is 3.28. The van der Waals surface area contributed by atoms with Gasteiger partial charge in [0.1, 0.15) is 5.54 Å². The van der Waals surface area contributed by atoms with Gasteiger partial charge in [0.05, 0.1) is 0 Å². The molecule has 1 aliphatic carbocycles. The Morgan fingerprint density at radius 1 is 1.39 bits per heavy atom. The maximum atomic E-state index is 12.8. The van der Waals surface area contributed by atoms with E-state index >= 15 is 0 Å². The summed E-state index contributed by atoms with van der Waals surface area (Å²) in [4.78, 5) is 26.9.